The van der Waals surface area contributed by atoms with Gasteiger partial charge in [0.1, 0.15) is 0 Å². The van der Waals surface area contributed by atoms with Gasteiger partial charge in [0.05, 0.1) is 18.1 Å². The van der Waals surface area contributed by atoms with E-state index in [1.54, 1.807) is 0 Å². The van der Waals surface area contributed by atoms with Crippen LogP contribution < -0.4 is 4.57 Å². The SMILES string of the molecule is CC(C)(C)c1cc(CCCCc2cc(C(C)(C)C)cc(-c3[c-]cc(F)cc3F)n2)nc(-c2[c-]cc(F)cc2F)c1.C[n+]1[c-]n(-c2[c-]cccc2)c2ccccc21.[Ir]. The Hall–Kier alpha value is -4.98. The summed E-state index contributed by atoms with van der Waals surface area (Å²) in [6, 6.07) is 36.4. The first kappa shape index (κ1) is 43.1. The molecule has 7 rings (SSSR count). The Balaban J connectivity index is 0.000000302. The van der Waals surface area contributed by atoms with Crippen LogP contribution in [0.3, 0.4) is 0 Å². The molecule has 0 saturated heterocycles. The zero-order valence-corrected chi connectivity index (χ0v) is 35.6. The quantitative estimate of drug-likeness (QED) is 0.0658. The fraction of sp³-hybridized carbons (Fsp3) is 0.271. The molecule has 0 N–H and O–H groups in total. The van der Waals surface area contributed by atoms with E-state index in [2.05, 4.69) is 88.2 Å². The number of pyridine rings is 2. The average Bonchev–Trinajstić information content (AvgIpc) is 3.49. The van der Waals surface area contributed by atoms with Crippen LogP contribution in [0, 0.1) is 47.8 Å². The topological polar surface area (TPSA) is 34.6 Å². The average molecular weight is 946 g/mol. The number of fused-ring (bicyclic) bond motifs is 1. The van der Waals surface area contributed by atoms with E-state index in [0.717, 1.165) is 70.8 Å². The Kier molecular flexibility index (Phi) is 13.7. The number of nitrogens with zero attached hydrogens (tertiary/aromatic N) is 4. The molecule has 0 aliphatic carbocycles. The van der Waals surface area contributed by atoms with Gasteiger partial charge in [-0.3, -0.25) is 17.6 Å². The second-order valence-corrected chi connectivity index (χ2v) is 16.0. The van der Waals surface area contributed by atoms with Crippen molar-refractivity contribution in [1.82, 2.24) is 14.5 Å². The van der Waals surface area contributed by atoms with Crippen LogP contribution in [0.25, 0.3) is 39.2 Å². The van der Waals surface area contributed by atoms with E-state index in [-0.39, 0.29) is 42.1 Å². The Morgan fingerprint density at radius 3 is 1.58 bits per heavy atom. The predicted octanol–water partition coefficient (Wildman–Crippen LogP) is 11.2. The molecule has 0 bridgehead atoms. The van der Waals surface area contributed by atoms with Crippen LogP contribution in [-0.2, 0) is 50.8 Å². The van der Waals surface area contributed by atoms with Crippen LogP contribution in [0.5, 0.6) is 0 Å². The summed E-state index contributed by atoms with van der Waals surface area (Å²) >= 11 is 0. The number of imidazole rings is 1. The van der Waals surface area contributed by atoms with Crippen LogP contribution >= 0.6 is 0 Å². The van der Waals surface area contributed by atoms with Crippen LogP contribution in [-0.4, -0.2) is 14.5 Å². The van der Waals surface area contributed by atoms with Gasteiger partial charge in [-0.25, -0.2) is 0 Å². The summed E-state index contributed by atoms with van der Waals surface area (Å²) < 4.78 is 60.1. The Bertz CT molecular complexity index is 2350. The number of aromatic nitrogens is 4. The number of para-hydroxylation sites is 3. The van der Waals surface area contributed by atoms with Gasteiger partial charge in [0.25, 0.3) is 0 Å². The largest absolute Gasteiger partial charge is 0.342 e. The molecule has 0 aliphatic heterocycles. The summed E-state index contributed by atoms with van der Waals surface area (Å²) in [6.07, 6.45) is 6.18. The van der Waals surface area contributed by atoms with Gasteiger partial charge < -0.3 is 19.1 Å². The molecule has 0 atom stereocenters. The third-order valence-electron chi connectivity index (χ3n) is 9.50. The van der Waals surface area contributed by atoms with Crippen LogP contribution in [0.15, 0.2) is 97.1 Å². The van der Waals surface area contributed by atoms with E-state index in [0.29, 0.717) is 24.2 Å². The van der Waals surface area contributed by atoms with Crippen LogP contribution in [0.4, 0.5) is 17.6 Å². The smallest absolute Gasteiger partial charge is 0.242 e. The first-order chi connectivity index (χ1) is 26.6. The molecule has 9 heteroatoms. The summed E-state index contributed by atoms with van der Waals surface area (Å²) in [5, 5.41) is 0. The fourth-order valence-corrected chi connectivity index (χ4v) is 6.35. The van der Waals surface area contributed by atoms with E-state index in [1.807, 2.05) is 76.8 Å². The minimum atomic E-state index is -0.694. The maximum atomic E-state index is 14.5. The molecular weight excluding hydrogens is 901 g/mol. The van der Waals surface area contributed by atoms with Gasteiger partial charge >= 0.3 is 0 Å². The van der Waals surface area contributed by atoms with Crippen molar-refractivity contribution < 1.29 is 42.2 Å². The monoisotopic (exact) mass is 946 g/mol. The van der Waals surface area contributed by atoms with Crippen molar-refractivity contribution in [2.75, 3.05) is 0 Å². The Labute approximate surface area is 347 Å². The van der Waals surface area contributed by atoms with Gasteiger partial charge in [-0.05, 0) is 71.2 Å². The Morgan fingerprint density at radius 2 is 1.12 bits per heavy atom. The molecule has 7 aromatic rings. The van der Waals surface area contributed by atoms with Gasteiger partial charge in [0.2, 0.25) is 6.33 Å². The normalized spacial score (nSPS) is 11.6. The Morgan fingerprint density at radius 1 is 0.632 bits per heavy atom. The number of benzene rings is 4. The van der Waals surface area contributed by atoms with Gasteiger partial charge in [-0.2, -0.15) is 30.3 Å². The molecular formula is C48H45F4IrN4-3. The number of aryl methyl sites for hydroxylation is 3. The number of unbranched alkanes of at least 4 members (excludes halogenated alkanes) is 1. The molecule has 297 valence electrons. The molecule has 3 heterocycles. The molecule has 1 radical (unpaired) electrons. The molecule has 3 aromatic heterocycles. The molecule has 0 spiro atoms. The van der Waals surface area contributed by atoms with Crippen molar-refractivity contribution in [3.05, 3.63) is 167 Å². The van der Waals surface area contributed by atoms with Gasteiger partial charge in [-0.1, -0.05) is 107 Å². The number of halogens is 4. The summed E-state index contributed by atoms with van der Waals surface area (Å²) in [7, 11) is 2.00. The molecule has 57 heavy (non-hydrogen) atoms. The molecule has 0 unspecified atom stereocenters. The minimum absolute atomic E-state index is 0. The maximum Gasteiger partial charge on any atom is 0.242 e. The van der Waals surface area contributed by atoms with Gasteiger partial charge in [0, 0.05) is 54.8 Å². The van der Waals surface area contributed by atoms with Crippen molar-refractivity contribution in [3.63, 3.8) is 0 Å². The summed E-state index contributed by atoms with van der Waals surface area (Å²) in [5.74, 6) is -2.75. The second-order valence-electron chi connectivity index (χ2n) is 16.0. The van der Waals surface area contributed by atoms with Crippen molar-refractivity contribution in [2.24, 2.45) is 7.05 Å². The van der Waals surface area contributed by atoms with E-state index < -0.39 is 23.3 Å². The van der Waals surface area contributed by atoms with E-state index >= 15 is 0 Å². The molecule has 4 aromatic carbocycles. The third kappa shape index (κ3) is 10.7. The molecule has 0 aliphatic rings. The maximum absolute atomic E-state index is 14.5. The standard InChI is InChI=1S/C34H34F4N2.C14H11N2.Ir/c1-33(2,3)21-15-25(39-31(17-21)27-13-11-23(35)19-29(27)37)9-7-8-10-26-16-22(34(4,5)6)18-32(40-26)28-14-12-24(36)20-30(28)38;1-15-11-16(12-7-3-2-4-8-12)14-10-6-5-9-13(14)15;/h11-12,15-20H,7-10H2,1-6H3;2-7,9-10H,1H3;/q-2;-1;. The van der Waals surface area contributed by atoms with E-state index in [4.69, 9.17) is 0 Å². The van der Waals surface area contributed by atoms with Crippen molar-refractivity contribution in [1.29, 1.82) is 0 Å². The van der Waals surface area contributed by atoms with Crippen molar-refractivity contribution in [3.8, 4) is 28.2 Å². The summed E-state index contributed by atoms with van der Waals surface area (Å²) in [5.41, 5.74) is 7.75. The third-order valence-corrected chi connectivity index (χ3v) is 9.50. The van der Waals surface area contributed by atoms with Gasteiger partial charge in [-0.15, -0.1) is 24.3 Å². The zero-order valence-electron chi connectivity index (χ0n) is 33.2. The van der Waals surface area contributed by atoms with Crippen LogP contribution in [0.2, 0.25) is 0 Å². The van der Waals surface area contributed by atoms with Crippen LogP contribution in [0.1, 0.15) is 76.9 Å². The summed E-state index contributed by atoms with van der Waals surface area (Å²) in [6.45, 7) is 12.5. The number of rotatable bonds is 8. The van der Waals surface area contributed by atoms with Gasteiger partial charge in [0.15, 0.2) is 0 Å². The van der Waals surface area contributed by atoms with E-state index in [1.165, 1.54) is 5.52 Å². The molecule has 4 nitrogen and oxygen atoms in total. The van der Waals surface area contributed by atoms with Crippen molar-refractivity contribution >= 4 is 11.0 Å². The molecule has 0 amide bonds. The van der Waals surface area contributed by atoms with Crippen molar-refractivity contribution in [2.45, 2.75) is 78.1 Å². The minimum Gasteiger partial charge on any atom is -0.342 e. The predicted molar refractivity (Wildman–Crippen MR) is 213 cm³/mol. The second kappa shape index (κ2) is 18.1. The first-order valence-corrected chi connectivity index (χ1v) is 18.7. The van der Waals surface area contributed by atoms with E-state index in [9.17, 15) is 17.6 Å². The molecule has 0 saturated carbocycles. The first-order valence-electron chi connectivity index (χ1n) is 18.7. The number of hydrogen-bond donors (Lipinski definition) is 0. The fourth-order valence-electron chi connectivity index (χ4n) is 6.35. The zero-order chi connectivity index (χ0) is 40.2. The molecule has 0 fully saturated rings. The number of hydrogen-bond acceptors (Lipinski definition) is 2. The summed E-state index contributed by atoms with van der Waals surface area (Å²) in [4.78, 5) is 9.37.